The van der Waals surface area contributed by atoms with Gasteiger partial charge in [-0.1, -0.05) is 6.07 Å². The largest absolute Gasteiger partial charge is 0.393 e. The number of para-hydroxylation sites is 1. The second kappa shape index (κ2) is 5.63. The molecule has 0 radical (unpaired) electrons. The van der Waals surface area contributed by atoms with Gasteiger partial charge in [-0.3, -0.25) is 20.3 Å². The Morgan fingerprint density at radius 2 is 2.11 bits per heavy atom. The molecular formula is C11H14N4O4. The number of benzene rings is 1. The van der Waals surface area contributed by atoms with Gasteiger partial charge in [0.25, 0.3) is 11.6 Å². The summed E-state index contributed by atoms with van der Waals surface area (Å²) in [7, 11) is 0. The number of ether oxygens (including phenoxy) is 1. The third kappa shape index (κ3) is 2.98. The Labute approximate surface area is 109 Å². The van der Waals surface area contributed by atoms with Gasteiger partial charge in [-0.15, -0.1) is 0 Å². The number of nitrogens with one attached hydrogen (secondary N) is 1. The summed E-state index contributed by atoms with van der Waals surface area (Å²) >= 11 is 0. The molecule has 8 heteroatoms. The van der Waals surface area contributed by atoms with E-state index in [0.29, 0.717) is 26.3 Å². The molecule has 2 rings (SSSR count). The first-order valence-electron chi connectivity index (χ1n) is 5.76. The molecule has 1 aromatic carbocycles. The SMILES string of the molecule is Nc1c(C(=O)NN2CCOCC2)cccc1[N+](=O)[O-]. The van der Waals surface area contributed by atoms with E-state index in [0.717, 1.165) is 0 Å². The summed E-state index contributed by atoms with van der Waals surface area (Å²) in [5, 5.41) is 12.5. The first-order valence-corrected chi connectivity index (χ1v) is 5.76. The summed E-state index contributed by atoms with van der Waals surface area (Å²) in [5.41, 5.74) is 8.00. The molecule has 1 aromatic rings. The van der Waals surface area contributed by atoms with Crippen LogP contribution in [0.4, 0.5) is 11.4 Å². The van der Waals surface area contributed by atoms with Crippen molar-refractivity contribution in [1.29, 1.82) is 0 Å². The number of hydrogen-bond donors (Lipinski definition) is 2. The summed E-state index contributed by atoms with van der Waals surface area (Å²) in [6, 6.07) is 4.15. The molecule has 8 nitrogen and oxygen atoms in total. The third-order valence-electron chi connectivity index (χ3n) is 2.80. The van der Waals surface area contributed by atoms with Crippen LogP contribution in [0.25, 0.3) is 0 Å². The van der Waals surface area contributed by atoms with E-state index in [1.165, 1.54) is 18.2 Å². The van der Waals surface area contributed by atoms with Crippen molar-refractivity contribution in [3.05, 3.63) is 33.9 Å². The maximum atomic E-state index is 12.0. The maximum Gasteiger partial charge on any atom is 0.292 e. The van der Waals surface area contributed by atoms with Gasteiger partial charge in [-0.05, 0) is 6.07 Å². The highest BCUT2D eigenvalue weighted by Crippen LogP contribution is 2.24. The molecule has 3 N–H and O–H groups in total. The van der Waals surface area contributed by atoms with Crippen LogP contribution in [0.3, 0.4) is 0 Å². The Morgan fingerprint density at radius 1 is 1.42 bits per heavy atom. The highest BCUT2D eigenvalue weighted by Gasteiger charge is 2.21. The molecule has 1 amide bonds. The lowest BCUT2D eigenvalue weighted by Crippen LogP contribution is -2.48. The van der Waals surface area contributed by atoms with Gasteiger partial charge in [0.05, 0.1) is 23.7 Å². The van der Waals surface area contributed by atoms with Gasteiger partial charge in [-0.2, -0.15) is 0 Å². The van der Waals surface area contributed by atoms with Crippen molar-refractivity contribution in [1.82, 2.24) is 10.4 Å². The smallest absolute Gasteiger partial charge is 0.292 e. The number of hydrazine groups is 1. The minimum Gasteiger partial charge on any atom is -0.393 e. The van der Waals surface area contributed by atoms with Crippen LogP contribution in [0.5, 0.6) is 0 Å². The molecule has 19 heavy (non-hydrogen) atoms. The summed E-state index contributed by atoms with van der Waals surface area (Å²) in [6.07, 6.45) is 0. The zero-order valence-corrected chi connectivity index (χ0v) is 10.2. The average Bonchev–Trinajstić information content (AvgIpc) is 2.39. The number of hydrogen-bond acceptors (Lipinski definition) is 6. The van der Waals surface area contributed by atoms with Crippen LogP contribution in [0, 0.1) is 10.1 Å². The standard InChI is InChI=1S/C11H14N4O4/c12-10-8(2-1-3-9(10)15(17)18)11(16)13-14-4-6-19-7-5-14/h1-3H,4-7,12H2,(H,13,16). The number of morpholine rings is 1. The zero-order valence-electron chi connectivity index (χ0n) is 10.2. The fraction of sp³-hybridized carbons (Fsp3) is 0.364. The number of nitro benzene ring substituents is 1. The zero-order chi connectivity index (χ0) is 13.8. The van der Waals surface area contributed by atoms with Crippen molar-refractivity contribution in [3.63, 3.8) is 0 Å². The van der Waals surface area contributed by atoms with E-state index in [9.17, 15) is 14.9 Å². The van der Waals surface area contributed by atoms with E-state index < -0.39 is 10.8 Å². The van der Waals surface area contributed by atoms with E-state index >= 15 is 0 Å². The van der Waals surface area contributed by atoms with Crippen LogP contribution >= 0.6 is 0 Å². The van der Waals surface area contributed by atoms with Crippen molar-refractivity contribution in [3.8, 4) is 0 Å². The Morgan fingerprint density at radius 3 is 2.74 bits per heavy atom. The Bertz CT molecular complexity index is 499. The minimum absolute atomic E-state index is 0.0979. The van der Waals surface area contributed by atoms with E-state index in [1.807, 2.05) is 0 Å². The van der Waals surface area contributed by atoms with Crippen LogP contribution in [-0.2, 0) is 4.74 Å². The first-order chi connectivity index (χ1) is 9.09. The summed E-state index contributed by atoms with van der Waals surface area (Å²) < 4.78 is 5.15. The van der Waals surface area contributed by atoms with Crippen LogP contribution < -0.4 is 11.2 Å². The van der Waals surface area contributed by atoms with Crippen LogP contribution in [-0.4, -0.2) is 42.1 Å². The van der Waals surface area contributed by atoms with E-state index in [4.69, 9.17) is 10.5 Å². The summed E-state index contributed by atoms with van der Waals surface area (Å²) in [6.45, 7) is 2.20. The van der Waals surface area contributed by atoms with Gasteiger partial charge < -0.3 is 10.5 Å². The highest BCUT2D eigenvalue weighted by molar-refractivity contribution is 6.00. The number of amides is 1. The predicted molar refractivity (Wildman–Crippen MR) is 67.4 cm³/mol. The normalized spacial score (nSPS) is 16.0. The van der Waals surface area contributed by atoms with Gasteiger partial charge in [-0.25, -0.2) is 5.01 Å². The number of rotatable bonds is 3. The third-order valence-corrected chi connectivity index (χ3v) is 2.80. The first kappa shape index (κ1) is 13.2. The number of nitrogens with two attached hydrogens (primary N) is 1. The monoisotopic (exact) mass is 266 g/mol. The topological polar surface area (TPSA) is 111 Å². The maximum absolute atomic E-state index is 12.0. The molecule has 1 heterocycles. The predicted octanol–water partition coefficient (Wildman–Crippen LogP) is 0.154. The molecule has 0 atom stereocenters. The molecule has 0 bridgehead atoms. The molecule has 1 fully saturated rings. The quantitative estimate of drug-likeness (QED) is 0.458. The lowest BCUT2D eigenvalue weighted by Gasteiger charge is -2.27. The lowest BCUT2D eigenvalue weighted by molar-refractivity contribution is -0.383. The minimum atomic E-state index is -0.610. The van der Waals surface area contributed by atoms with Crippen molar-refractivity contribution in [2.75, 3.05) is 32.0 Å². The molecule has 0 aromatic heterocycles. The Balaban J connectivity index is 2.14. The van der Waals surface area contributed by atoms with E-state index in [2.05, 4.69) is 5.43 Å². The van der Waals surface area contributed by atoms with Crippen molar-refractivity contribution in [2.24, 2.45) is 0 Å². The second-order valence-electron chi connectivity index (χ2n) is 4.04. The summed E-state index contributed by atoms with van der Waals surface area (Å²) in [4.78, 5) is 22.2. The molecule has 102 valence electrons. The molecular weight excluding hydrogens is 252 g/mol. The number of nitrogens with zero attached hydrogens (tertiary/aromatic N) is 2. The van der Waals surface area contributed by atoms with E-state index in [-0.39, 0.29) is 16.9 Å². The molecule has 1 saturated heterocycles. The van der Waals surface area contributed by atoms with E-state index in [1.54, 1.807) is 5.01 Å². The lowest BCUT2D eigenvalue weighted by atomic mass is 10.1. The second-order valence-corrected chi connectivity index (χ2v) is 4.04. The van der Waals surface area contributed by atoms with Gasteiger partial charge in [0.2, 0.25) is 0 Å². The van der Waals surface area contributed by atoms with Gasteiger partial charge in [0.15, 0.2) is 0 Å². The molecule has 0 saturated carbocycles. The number of anilines is 1. The van der Waals surface area contributed by atoms with Crippen LogP contribution in [0.1, 0.15) is 10.4 Å². The van der Waals surface area contributed by atoms with Crippen LogP contribution in [0.2, 0.25) is 0 Å². The van der Waals surface area contributed by atoms with Crippen molar-refractivity contribution < 1.29 is 14.5 Å². The number of carbonyl (C=O) groups excluding carboxylic acids is 1. The molecule has 0 unspecified atom stereocenters. The van der Waals surface area contributed by atoms with Crippen molar-refractivity contribution in [2.45, 2.75) is 0 Å². The molecule has 1 aliphatic rings. The van der Waals surface area contributed by atoms with Crippen molar-refractivity contribution >= 4 is 17.3 Å². The number of carbonyl (C=O) groups is 1. The van der Waals surface area contributed by atoms with Gasteiger partial charge >= 0.3 is 0 Å². The van der Waals surface area contributed by atoms with Gasteiger partial charge in [0, 0.05) is 19.2 Å². The van der Waals surface area contributed by atoms with Gasteiger partial charge in [0.1, 0.15) is 5.69 Å². The number of nitro groups is 1. The average molecular weight is 266 g/mol. The fourth-order valence-electron chi connectivity index (χ4n) is 1.79. The molecule has 0 spiro atoms. The van der Waals surface area contributed by atoms with Crippen LogP contribution in [0.15, 0.2) is 18.2 Å². The highest BCUT2D eigenvalue weighted by atomic mass is 16.6. The molecule has 1 aliphatic heterocycles. The number of nitrogen functional groups attached to an aromatic ring is 1. The Hall–Kier alpha value is -2.19. The Kier molecular flexibility index (Phi) is 3.93. The molecule has 0 aliphatic carbocycles. The summed E-state index contributed by atoms with van der Waals surface area (Å²) in [5.74, 6) is -0.455. The fourth-order valence-corrected chi connectivity index (χ4v) is 1.79.